The molecule has 1 aromatic heterocycles. The van der Waals surface area contributed by atoms with Crippen LogP contribution in [0.3, 0.4) is 0 Å². The zero-order valence-corrected chi connectivity index (χ0v) is 11.0. The average Bonchev–Trinajstić information content (AvgIpc) is 2.36. The Morgan fingerprint density at radius 3 is 2.94 bits per heavy atom. The Balaban J connectivity index is 2.37. The van der Waals surface area contributed by atoms with Gasteiger partial charge in [0, 0.05) is 32.8 Å². The van der Waals surface area contributed by atoms with Crippen LogP contribution in [0.5, 0.6) is 0 Å². The molecule has 1 N–H and O–H groups in total. The topological polar surface area (TPSA) is 67.3 Å². The largest absolute Gasteiger partial charge is 0.383 e. The molecule has 0 aromatic carbocycles. The normalized spacial score (nSPS) is 14.1. The quantitative estimate of drug-likeness (QED) is 0.824. The van der Waals surface area contributed by atoms with E-state index in [2.05, 4.69) is 15.3 Å². The van der Waals surface area contributed by atoms with Gasteiger partial charge in [-0.2, -0.15) is 0 Å². The maximum atomic E-state index is 11.8. The summed E-state index contributed by atoms with van der Waals surface area (Å²) in [5.41, 5.74) is 1.44. The van der Waals surface area contributed by atoms with Crippen LogP contribution in [0.2, 0.25) is 0 Å². The monoisotopic (exact) mass is 250 g/mol. The van der Waals surface area contributed by atoms with Crippen LogP contribution in [0.1, 0.15) is 21.9 Å². The molecule has 0 unspecified atom stereocenters. The van der Waals surface area contributed by atoms with Crippen molar-refractivity contribution in [3.63, 3.8) is 0 Å². The number of carbonyl (C=O) groups excluding carboxylic acids is 1. The Morgan fingerprint density at radius 2 is 2.22 bits per heavy atom. The molecule has 0 aliphatic carbocycles. The summed E-state index contributed by atoms with van der Waals surface area (Å²) >= 11 is 0. The molecule has 0 radical (unpaired) electrons. The molecule has 0 atom stereocenters. The molecule has 98 valence electrons. The van der Waals surface area contributed by atoms with Crippen molar-refractivity contribution in [1.29, 1.82) is 0 Å². The zero-order chi connectivity index (χ0) is 13.1. The zero-order valence-electron chi connectivity index (χ0n) is 11.0. The Labute approximate surface area is 106 Å². The summed E-state index contributed by atoms with van der Waals surface area (Å²) in [6.45, 7) is 3.81. The number of amides is 1. The van der Waals surface area contributed by atoms with E-state index in [1.807, 2.05) is 11.9 Å². The van der Waals surface area contributed by atoms with Gasteiger partial charge in [-0.3, -0.25) is 4.79 Å². The fourth-order valence-corrected chi connectivity index (χ4v) is 2.03. The van der Waals surface area contributed by atoms with E-state index in [9.17, 15) is 4.79 Å². The van der Waals surface area contributed by atoms with Gasteiger partial charge in [-0.1, -0.05) is 0 Å². The number of anilines is 1. The second-order valence-corrected chi connectivity index (χ2v) is 4.34. The molecule has 18 heavy (non-hydrogen) atoms. The Kier molecular flexibility index (Phi) is 3.76. The molecule has 0 fully saturated rings. The van der Waals surface area contributed by atoms with Crippen LogP contribution in [-0.4, -0.2) is 49.7 Å². The Bertz CT molecular complexity index is 462. The molecule has 1 amide bonds. The van der Waals surface area contributed by atoms with E-state index < -0.39 is 0 Å². The minimum absolute atomic E-state index is 0.108. The standard InChI is InChI=1S/C12H18N4O2/c1-8-14-10-9(4-5-13-12(10)17)11(15-8)16(2)6-7-18-3/h4-7H2,1-3H3,(H,13,17). The number of aromatic nitrogens is 2. The lowest BCUT2D eigenvalue weighted by atomic mass is 10.1. The number of likely N-dealkylation sites (N-methyl/N-ethyl adjacent to an activating group) is 1. The van der Waals surface area contributed by atoms with Crippen LogP contribution in [0.15, 0.2) is 0 Å². The number of carbonyl (C=O) groups is 1. The third-order valence-electron chi connectivity index (χ3n) is 2.97. The van der Waals surface area contributed by atoms with Crippen LogP contribution in [0, 0.1) is 6.92 Å². The van der Waals surface area contributed by atoms with Gasteiger partial charge < -0.3 is 15.0 Å². The van der Waals surface area contributed by atoms with Crippen LogP contribution >= 0.6 is 0 Å². The van der Waals surface area contributed by atoms with Crippen LogP contribution < -0.4 is 10.2 Å². The number of hydrogen-bond acceptors (Lipinski definition) is 5. The van der Waals surface area contributed by atoms with E-state index in [1.165, 1.54) is 0 Å². The highest BCUT2D eigenvalue weighted by Gasteiger charge is 2.24. The maximum absolute atomic E-state index is 11.8. The SMILES string of the molecule is COCCN(C)c1nc(C)nc2c1CCNC2=O. The molecular weight excluding hydrogens is 232 g/mol. The smallest absolute Gasteiger partial charge is 0.270 e. The number of nitrogens with zero attached hydrogens (tertiary/aromatic N) is 3. The van der Waals surface area contributed by atoms with Crippen molar-refractivity contribution in [1.82, 2.24) is 15.3 Å². The second-order valence-electron chi connectivity index (χ2n) is 4.34. The molecule has 2 heterocycles. The van der Waals surface area contributed by atoms with Crippen LogP contribution in [0.4, 0.5) is 5.82 Å². The second kappa shape index (κ2) is 5.30. The molecule has 0 spiro atoms. The number of ether oxygens (including phenoxy) is 1. The fraction of sp³-hybridized carbons (Fsp3) is 0.583. The fourth-order valence-electron chi connectivity index (χ4n) is 2.03. The summed E-state index contributed by atoms with van der Waals surface area (Å²) in [5, 5.41) is 2.80. The number of methoxy groups -OCH3 is 1. The highest BCUT2D eigenvalue weighted by atomic mass is 16.5. The van der Waals surface area contributed by atoms with Crippen molar-refractivity contribution in [2.45, 2.75) is 13.3 Å². The number of hydrogen-bond donors (Lipinski definition) is 1. The lowest BCUT2D eigenvalue weighted by Gasteiger charge is -2.25. The minimum atomic E-state index is -0.108. The first-order chi connectivity index (χ1) is 8.63. The van der Waals surface area contributed by atoms with Crippen molar-refractivity contribution in [2.75, 3.05) is 38.8 Å². The van der Waals surface area contributed by atoms with Gasteiger partial charge in [-0.15, -0.1) is 0 Å². The number of nitrogens with one attached hydrogen (secondary N) is 1. The third-order valence-corrected chi connectivity index (χ3v) is 2.97. The van der Waals surface area contributed by atoms with E-state index >= 15 is 0 Å². The van der Waals surface area contributed by atoms with Crippen molar-refractivity contribution >= 4 is 11.7 Å². The summed E-state index contributed by atoms with van der Waals surface area (Å²) in [6, 6.07) is 0. The molecule has 1 aliphatic heterocycles. The van der Waals surface area contributed by atoms with Crippen molar-refractivity contribution < 1.29 is 9.53 Å². The molecule has 1 aromatic rings. The first kappa shape index (κ1) is 12.8. The maximum Gasteiger partial charge on any atom is 0.270 e. The minimum Gasteiger partial charge on any atom is -0.383 e. The highest BCUT2D eigenvalue weighted by Crippen LogP contribution is 2.22. The first-order valence-electron chi connectivity index (χ1n) is 5.99. The third kappa shape index (κ3) is 2.43. The average molecular weight is 250 g/mol. The summed E-state index contributed by atoms with van der Waals surface area (Å²) in [7, 11) is 3.62. The molecule has 6 nitrogen and oxygen atoms in total. The van der Waals surface area contributed by atoms with E-state index in [1.54, 1.807) is 14.0 Å². The van der Waals surface area contributed by atoms with Crippen molar-refractivity contribution in [3.8, 4) is 0 Å². The van der Waals surface area contributed by atoms with Gasteiger partial charge >= 0.3 is 0 Å². The van der Waals surface area contributed by atoms with Gasteiger partial charge in [0.25, 0.3) is 5.91 Å². The molecular formula is C12H18N4O2. The van der Waals surface area contributed by atoms with E-state index in [0.29, 0.717) is 24.7 Å². The van der Waals surface area contributed by atoms with Crippen molar-refractivity contribution in [3.05, 3.63) is 17.1 Å². The Morgan fingerprint density at radius 1 is 1.44 bits per heavy atom. The van der Waals surface area contributed by atoms with Crippen LogP contribution in [0.25, 0.3) is 0 Å². The summed E-state index contributed by atoms with van der Waals surface area (Å²) in [4.78, 5) is 22.5. The number of aryl methyl sites for hydroxylation is 1. The lowest BCUT2D eigenvalue weighted by Crippen LogP contribution is -2.35. The lowest BCUT2D eigenvalue weighted by molar-refractivity contribution is 0.0940. The van der Waals surface area contributed by atoms with E-state index in [-0.39, 0.29) is 5.91 Å². The summed E-state index contributed by atoms with van der Waals surface area (Å²) < 4.78 is 5.07. The van der Waals surface area contributed by atoms with Gasteiger partial charge in [0.05, 0.1) is 6.61 Å². The Hall–Kier alpha value is -1.69. The summed E-state index contributed by atoms with van der Waals surface area (Å²) in [5.74, 6) is 1.35. The predicted molar refractivity (Wildman–Crippen MR) is 68.0 cm³/mol. The van der Waals surface area contributed by atoms with Gasteiger partial charge in [-0.05, 0) is 13.3 Å². The molecule has 0 saturated heterocycles. The summed E-state index contributed by atoms with van der Waals surface area (Å²) in [6.07, 6.45) is 0.772. The molecule has 0 bridgehead atoms. The number of fused-ring (bicyclic) bond motifs is 1. The molecule has 0 saturated carbocycles. The van der Waals surface area contributed by atoms with Gasteiger partial charge in [0.2, 0.25) is 0 Å². The predicted octanol–water partition coefficient (Wildman–Crippen LogP) is 0.154. The van der Waals surface area contributed by atoms with Crippen LogP contribution in [-0.2, 0) is 11.2 Å². The molecule has 2 rings (SSSR count). The van der Waals surface area contributed by atoms with Gasteiger partial charge in [0.15, 0.2) is 0 Å². The van der Waals surface area contributed by atoms with Crippen molar-refractivity contribution in [2.24, 2.45) is 0 Å². The molecule has 6 heteroatoms. The highest BCUT2D eigenvalue weighted by molar-refractivity contribution is 5.96. The van der Waals surface area contributed by atoms with E-state index in [4.69, 9.17) is 4.74 Å². The van der Waals surface area contributed by atoms with Gasteiger partial charge in [0.1, 0.15) is 17.3 Å². The van der Waals surface area contributed by atoms with Gasteiger partial charge in [-0.25, -0.2) is 9.97 Å². The number of rotatable bonds is 4. The molecule has 1 aliphatic rings. The first-order valence-corrected chi connectivity index (χ1v) is 5.99. The van der Waals surface area contributed by atoms with E-state index in [0.717, 1.165) is 24.3 Å².